The molecule has 3 aromatic carbocycles. The molecule has 3 aromatic heterocycles. The first-order valence-corrected chi connectivity index (χ1v) is 13.0. The lowest BCUT2D eigenvalue weighted by atomic mass is 10.1. The van der Waals surface area contributed by atoms with Crippen molar-refractivity contribution in [2.45, 2.75) is 6.61 Å². The SMILES string of the molecule is COc1cc(OCc2ccccn2)ccc1/C=C/c1cc(/C=C/c2ccc3cc[nH]c3c2)nn1-c1ccccc1. The van der Waals surface area contributed by atoms with Gasteiger partial charge < -0.3 is 14.5 Å². The van der Waals surface area contributed by atoms with E-state index in [4.69, 9.17) is 14.6 Å². The van der Waals surface area contributed by atoms with Crippen molar-refractivity contribution in [2.24, 2.45) is 0 Å². The quantitative estimate of drug-likeness (QED) is 0.211. The van der Waals surface area contributed by atoms with Crippen molar-refractivity contribution in [3.63, 3.8) is 0 Å². The number of benzene rings is 3. The highest BCUT2D eigenvalue weighted by Gasteiger charge is 2.08. The second-order valence-corrected chi connectivity index (χ2v) is 9.25. The van der Waals surface area contributed by atoms with E-state index in [1.807, 2.05) is 89.8 Å². The van der Waals surface area contributed by atoms with Gasteiger partial charge in [0.25, 0.3) is 0 Å². The van der Waals surface area contributed by atoms with E-state index in [1.54, 1.807) is 13.3 Å². The van der Waals surface area contributed by atoms with Gasteiger partial charge in [0.1, 0.15) is 18.1 Å². The minimum absolute atomic E-state index is 0.393. The van der Waals surface area contributed by atoms with Gasteiger partial charge >= 0.3 is 0 Å². The number of pyridine rings is 1. The molecule has 6 nitrogen and oxygen atoms in total. The Labute approximate surface area is 232 Å². The first-order valence-electron chi connectivity index (χ1n) is 13.0. The summed E-state index contributed by atoms with van der Waals surface area (Å²) in [6, 6.07) is 32.2. The lowest BCUT2D eigenvalue weighted by molar-refractivity contribution is 0.299. The van der Waals surface area contributed by atoms with Crippen LogP contribution < -0.4 is 9.47 Å². The zero-order chi connectivity index (χ0) is 27.1. The van der Waals surface area contributed by atoms with Crippen molar-refractivity contribution < 1.29 is 9.47 Å². The number of aromatic amines is 1. The number of ether oxygens (including phenoxy) is 2. The number of H-pyrrole nitrogens is 1. The zero-order valence-electron chi connectivity index (χ0n) is 22.1. The maximum atomic E-state index is 5.92. The molecule has 0 atom stereocenters. The number of nitrogens with zero attached hydrogens (tertiary/aromatic N) is 3. The summed E-state index contributed by atoms with van der Waals surface area (Å²) >= 11 is 0. The summed E-state index contributed by atoms with van der Waals surface area (Å²) in [6.45, 7) is 0.393. The van der Waals surface area contributed by atoms with Crippen molar-refractivity contribution in [3.8, 4) is 17.2 Å². The van der Waals surface area contributed by atoms with Crippen molar-refractivity contribution >= 4 is 35.2 Å². The van der Waals surface area contributed by atoms with E-state index in [0.717, 1.165) is 50.9 Å². The summed E-state index contributed by atoms with van der Waals surface area (Å²) in [6.07, 6.45) is 11.9. The molecule has 196 valence electrons. The number of rotatable bonds is 9. The van der Waals surface area contributed by atoms with E-state index in [-0.39, 0.29) is 0 Å². The van der Waals surface area contributed by atoms with Crippen LogP contribution in [0.4, 0.5) is 0 Å². The number of hydrogen-bond donors (Lipinski definition) is 1. The Morgan fingerprint density at radius 1 is 0.825 bits per heavy atom. The summed E-state index contributed by atoms with van der Waals surface area (Å²) in [7, 11) is 1.66. The Kier molecular flexibility index (Phi) is 7.22. The molecule has 0 unspecified atom stereocenters. The highest BCUT2D eigenvalue weighted by atomic mass is 16.5. The van der Waals surface area contributed by atoms with Crippen molar-refractivity contribution in [3.05, 3.63) is 138 Å². The molecule has 0 saturated carbocycles. The Hall–Kier alpha value is -5.36. The lowest BCUT2D eigenvalue weighted by Gasteiger charge is -2.10. The van der Waals surface area contributed by atoms with Crippen LogP contribution in [-0.2, 0) is 6.61 Å². The molecule has 6 rings (SSSR count). The van der Waals surface area contributed by atoms with E-state index in [9.17, 15) is 0 Å². The number of methoxy groups -OCH3 is 1. The molecule has 0 aliphatic heterocycles. The number of hydrogen-bond acceptors (Lipinski definition) is 4. The molecular formula is C34H28N4O2. The predicted molar refractivity (Wildman–Crippen MR) is 161 cm³/mol. The van der Waals surface area contributed by atoms with Gasteiger partial charge in [-0.05, 0) is 83.8 Å². The highest BCUT2D eigenvalue weighted by molar-refractivity contribution is 5.83. The molecule has 0 amide bonds. The molecule has 6 aromatic rings. The minimum Gasteiger partial charge on any atom is -0.496 e. The molecule has 1 N–H and O–H groups in total. The number of para-hydroxylation sites is 1. The predicted octanol–water partition coefficient (Wildman–Crippen LogP) is 7.68. The first kappa shape index (κ1) is 24.9. The van der Waals surface area contributed by atoms with Gasteiger partial charge in [-0.15, -0.1) is 0 Å². The van der Waals surface area contributed by atoms with Gasteiger partial charge in [-0.1, -0.05) is 42.5 Å². The van der Waals surface area contributed by atoms with Crippen LogP contribution >= 0.6 is 0 Å². The Balaban J connectivity index is 1.26. The second-order valence-electron chi connectivity index (χ2n) is 9.25. The van der Waals surface area contributed by atoms with Gasteiger partial charge in [-0.25, -0.2) is 4.68 Å². The number of fused-ring (bicyclic) bond motifs is 1. The van der Waals surface area contributed by atoms with Gasteiger partial charge in [-0.2, -0.15) is 5.10 Å². The molecule has 0 saturated heterocycles. The van der Waals surface area contributed by atoms with Gasteiger partial charge in [0, 0.05) is 29.5 Å². The van der Waals surface area contributed by atoms with Gasteiger partial charge in [-0.3, -0.25) is 4.98 Å². The summed E-state index contributed by atoms with van der Waals surface area (Å²) in [5, 5.41) is 6.08. The van der Waals surface area contributed by atoms with Crippen LogP contribution in [0, 0.1) is 0 Å². The molecule has 3 heterocycles. The van der Waals surface area contributed by atoms with Crippen molar-refractivity contribution in [2.75, 3.05) is 7.11 Å². The first-order chi connectivity index (χ1) is 19.7. The lowest BCUT2D eigenvalue weighted by Crippen LogP contribution is -1.99. The second kappa shape index (κ2) is 11.6. The van der Waals surface area contributed by atoms with E-state index in [1.165, 1.54) is 5.39 Å². The molecule has 0 fully saturated rings. The van der Waals surface area contributed by atoms with Crippen LogP contribution in [0.3, 0.4) is 0 Å². The van der Waals surface area contributed by atoms with Crippen LogP contribution in [0.1, 0.15) is 28.2 Å². The topological polar surface area (TPSA) is 65.0 Å². The van der Waals surface area contributed by atoms with Gasteiger partial charge in [0.2, 0.25) is 0 Å². The third-order valence-electron chi connectivity index (χ3n) is 6.53. The summed E-state index contributed by atoms with van der Waals surface area (Å²) < 4.78 is 13.5. The Bertz CT molecular complexity index is 1780. The van der Waals surface area contributed by atoms with E-state index < -0.39 is 0 Å². The van der Waals surface area contributed by atoms with Gasteiger partial charge in [0.05, 0.1) is 29.9 Å². The van der Waals surface area contributed by atoms with Crippen LogP contribution in [0.2, 0.25) is 0 Å². The maximum absolute atomic E-state index is 5.92. The fraction of sp³-hybridized carbons (Fsp3) is 0.0588. The van der Waals surface area contributed by atoms with Crippen molar-refractivity contribution in [1.29, 1.82) is 0 Å². The van der Waals surface area contributed by atoms with E-state index in [0.29, 0.717) is 6.61 Å². The van der Waals surface area contributed by atoms with Crippen LogP contribution in [-0.4, -0.2) is 26.9 Å². The highest BCUT2D eigenvalue weighted by Crippen LogP contribution is 2.28. The average Bonchev–Trinajstić information content (AvgIpc) is 3.66. The third kappa shape index (κ3) is 5.71. The number of aromatic nitrogens is 4. The molecule has 0 aliphatic rings. The molecule has 0 radical (unpaired) electrons. The van der Waals surface area contributed by atoms with Crippen LogP contribution in [0.15, 0.2) is 109 Å². The van der Waals surface area contributed by atoms with Crippen LogP contribution in [0.5, 0.6) is 11.5 Å². The number of nitrogens with one attached hydrogen (secondary N) is 1. The molecular weight excluding hydrogens is 496 g/mol. The fourth-order valence-corrected chi connectivity index (χ4v) is 4.48. The largest absolute Gasteiger partial charge is 0.496 e. The third-order valence-corrected chi connectivity index (χ3v) is 6.53. The van der Waals surface area contributed by atoms with E-state index >= 15 is 0 Å². The molecule has 0 aliphatic carbocycles. The summed E-state index contributed by atoms with van der Waals surface area (Å²) in [5.74, 6) is 1.44. The fourth-order valence-electron chi connectivity index (χ4n) is 4.48. The molecule has 0 spiro atoms. The minimum atomic E-state index is 0.393. The summed E-state index contributed by atoms with van der Waals surface area (Å²) in [5.41, 5.74) is 6.82. The van der Waals surface area contributed by atoms with Gasteiger partial charge in [0.15, 0.2) is 0 Å². The average molecular weight is 525 g/mol. The standard InChI is InChI=1S/C34H28N4O2/c1-39-34-23-32(40-24-29-7-5-6-19-35-29)17-14-27(34)13-16-31-22-28(37-38(31)30-8-3-2-4-9-30)15-11-25-10-12-26-18-20-36-33(26)21-25/h2-23,36H,24H2,1H3/b15-11+,16-13+. The van der Waals surface area contributed by atoms with E-state index in [2.05, 4.69) is 52.5 Å². The molecule has 40 heavy (non-hydrogen) atoms. The van der Waals surface area contributed by atoms with Crippen molar-refractivity contribution in [1.82, 2.24) is 19.7 Å². The Morgan fingerprint density at radius 3 is 2.58 bits per heavy atom. The monoisotopic (exact) mass is 524 g/mol. The molecule has 6 heteroatoms. The molecule has 0 bridgehead atoms. The normalized spacial score (nSPS) is 11.5. The summed E-state index contributed by atoms with van der Waals surface area (Å²) in [4.78, 5) is 7.58. The smallest absolute Gasteiger partial charge is 0.130 e. The maximum Gasteiger partial charge on any atom is 0.130 e. The Morgan fingerprint density at radius 2 is 1.73 bits per heavy atom. The zero-order valence-corrected chi connectivity index (χ0v) is 22.1. The van der Waals surface area contributed by atoms with Crippen LogP contribution in [0.25, 0.3) is 40.9 Å².